The standard InChI is InChI=1S/C14H16FNO4S/c1-2-3-12-16(11(7-21-12)14(19)20)13(18)9-5-4-8(17)6-10(9)15/h4-6,11-12,17H,2-3,7H2,1H3,(H,19,20). The van der Waals surface area contributed by atoms with Crippen LogP contribution < -0.4 is 0 Å². The second-order valence-corrected chi connectivity index (χ2v) is 6.02. The summed E-state index contributed by atoms with van der Waals surface area (Å²) in [5.41, 5.74) is -0.220. The highest BCUT2D eigenvalue weighted by molar-refractivity contribution is 8.00. The molecule has 2 unspecified atom stereocenters. The molecule has 2 rings (SSSR count). The maximum Gasteiger partial charge on any atom is 0.327 e. The van der Waals surface area contributed by atoms with E-state index in [0.717, 1.165) is 12.5 Å². The molecule has 1 amide bonds. The number of nitrogens with zero attached hydrogens (tertiary/aromatic N) is 1. The molecule has 0 aromatic heterocycles. The number of hydrogen-bond acceptors (Lipinski definition) is 4. The van der Waals surface area contributed by atoms with Crippen LogP contribution in [0.5, 0.6) is 5.75 Å². The number of aromatic hydroxyl groups is 1. The number of aliphatic carboxylic acids is 1. The Labute approximate surface area is 125 Å². The highest BCUT2D eigenvalue weighted by Crippen LogP contribution is 2.34. The number of carbonyl (C=O) groups excluding carboxylic acids is 1. The van der Waals surface area contributed by atoms with E-state index >= 15 is 0 Å². The van der Waals surface area contributed by atoms with Gasteiger partial charge >= 0.3 is 5.97 Å². The number of carboxylic acids is 1. The zero-order chi connectivity index (χ0) is 15.6. The molecule has 1 aromatic rings. The van der Waals surface area contributed by atoms with E-state index < -0.39 is 23.7 Å². The number of halogens is 1. The van der Waals surface area contributed by atoms with Crippen LogP contribution in [0.3, 0.4) is 0 Å². The van der Waals surface area contributed by atoms with E-state index in [-0.39, 0.29) is 16.7 Å². The summed E-state index contributed by atoms with van der Waals surface area (Å²) in [5.74, 6) is -2.57. The van der Waals surface area contributed by atoms with Crippen LogP contribution in [0.2, 0.25) is 0 Å². The van der Waals surface area contributed by atoms with Crippen molar-refractivity contribution in [3.05, 3.63) is 29.6 Å². The van der Waals surface area contributed by atoms with Crippen LogP contribution >= 0.6 is 11.8 Å². The molecule has 0 spiro atoms. The molecule has 0 aliphatic carbocycles. The number of hydrogen-bond donors (Lipinski definition) is 2. The summed E-state index contributed by atoms with van der Waals surface area (Å²) in [6, 6.07) is 2.29. The highest BCUT2D eigenvalue weighted by Gasteiger charge is 2.42. The Morgan fingerprint density at radius 1 is 1.48 bits per heavy atom. The number of benzene rings is 1. The minimum Gasteiger partial charge on any atom is -0.508 e. The molecule has 1 heterocycles. The Morgan fingerprint density at radius 2 is 2.19 bits per heavy atom. The second-order valence-electron chi connectivity index (χ2n) is 4.81. The van der Waals surface area contributed by atoms with Crippen molar-refractivity contribution in [2.75, 3.05) is 5.75 Å². The van der Waals surface area contributed by atoms with Crippen LogP contribution in [0.25, 0.3) is 0 Å². The molecule has 1 aromatic carbocycles. The molecular formula is C14H16FNO4S. The molecule has 1 fully saturated rings. The number of rotatable bonds is 4. The highest BCUT2D eigenvalue weighted by atomic mass is 32.2. The lowest BCUT2D eigenvalue weighted by molar-refractivity contribution is -0.141. The first-order chi connectivity index (χ1) is 9.95. The fourth-order valence-electron chi connectivity index (χ4n) is 2.31. The van der Waals surface area contributed by atoms with Crippen molar-refractivity contribution in [1.29, 1.82) is 0 Å². The van der Waals surface area contributed by atoms with Gasteiger partial charge in [0.1, 0.15) is 17.6 Å². The molecule has 0 radical (unpaired) electrons. The van der Waals surface area contributed by atoms with E-state index in [1.54, 1.807) is 0 Å². The number of amides is 1. The Morgan fingerprint density at radius 3 is 2.76 bits per heavy atom. The van der Waals surface area contributed by atoms with Crippen molar-refractivity contribution in [2.24, 2.45) is 0 Å². The van der Waals surface area contributed by atoms with E-state index in [1.807, 2.05) is 6.92 Å². The minimum atomic E-state index is -1.09. The molecule has 2 N–H and O–H groups in total. The molecule has 0 saturated carbocycles. The number of phenols is 1. The average molecular weight is 313 g/mol. The van der Waals surface area contributed by atoms with Gasteiger partial charge in [-0.25, -0.2) is 9.18 Å². The molecule has 1 saturated heterocycles. The maximum atomic E-state index is 13.8. The summed E-state index contributed by atoms with van der Waals surface area (Å²) in [6.45, 7) is 1.94. The fourth-order valence-corrected chi connectivity index (χ4v) is 3.83. The molecule has 0 bridgehead atoms. The van der Waals surface area contributed by atoms with Crippen molar-refractivity contribution in [2.45, 2.75) is 31.2 Å². The van der Waals surface area contributed by atoms with E-state index in [2.05, 4.69) is 0 Å². The lowest BCUT2D eigenvalue weighted by Gasteiger charge is -2.27. The topological polar surface area (TPSA) is 77.8 Å². The molecule has 7 heteroatoms. The molecule has 5 nitrogen and oxygen atoms in total. The first kappa shape index (κ1) is 15.6. The third kappa shape index (κ3) is 3.12. The van der Waals surface area contributed by atoms with Crippen molar-refractivity contribution in [3.8, 4) is 5.75 Å². The van der Waals surface area contributed by atoms with Gasteiger partial charge in [0.25, 0.3) is 5.91 Å². The molecule has 1 aliphatic rings. The largest absolute Gasteiger partial charge is 0.508 e. The fraction of sp³-hybridized carbons (Fsp3) is 0.429. The summed E-state index contributed by atoms with van der Waals surface area (Å²) in [5, 5.41) is 18.2. The molecule has 1 aliphatic heterocycles. The number of phenolic OH excluding ortho intramolecular Hbond substituents is 1. The van der Waals surface area contributed by atoms with Crippen LogP contribution in [0.1, 0.15) is 30.1 Å². The maximum absolute atomic E-state index is 13.8. The minimum absolute atomic E-state index is 0.220. The van der Waals surface area contributed by atoms with Crippen molar-refractivity contribution < 1.29 is 24.2 Å². The summed E-state index contributed by atoms with van der Waals surface area (Å²) >= 11 is 1.40. The van der Waals surface area contributed by atoms with Gasteiger partial charge in [0.05, 0.1) is 10.9 Å². The third-order valence-electron chi connectivity index (χ3n) is 3.33. The third-order valence-corrected chi connectivity index (χ3v) is 4.69. The number of carbonyl (C=O) groups is 2. The quantitative estimate of drug-likeness (QED) is 0.892. The van der Waals surface area contributed by atoms with Crippen molar-refractivity contribution >= 4 is 23.6 Å². The van der Waals surface area contributed by atoms with Crippen LogP contribution in [0, 0.1) is 5.82 Å². The van der Waals surface area contributed by atoms with Gasteiger partial charge in [0, 0.05) is 11.8 Å². The van der Waals surface area contributed by atoms with Crippen molar-refractivity contribution in [3.63, 3.8) is 0 Å². The Hall–Kier alpha value is -1.76. The van der Waals surface area contributed by atoms with Gasteiger partial charge in [-0.05, 0) is 18.6 Å². The van der Waals surface area contributed by atoms with Gasteiger partial charge in [-0.1, -0.05) is 13.3 Å². The Kier molecular flexibility index (Phi) is 4.72. The second kappa shape index (κ2) is 6.34. The SMILES string of the molecule is CCCC1SCC(C(=O)O)N1C(=O)c1ccc(O)cc1F. The Balaban J connectivity index is 2.34. The molecule has 114 valence electrons. The predicted octanol–water partition coefficient (Wildman–Crippen LogP) is 2.30. The zero-order valence-electron chi connectivity index (χ0n) is 11.5. The predicted molar refractivity (Wildman–Crippen MR) is 76.8 cm³/mol. The van der Waals surface area contributed by atoms with E-state index in [9.17, 15) is 24.2 Å². The van der Waals surface area contributed by atoms with Crippen molar-refractivity contribution in [1.82, 2.24) is 4.90 Å². The van der Waals surface area contributed by atoms with E-state index in [1.165, 1.54) is 28.8 Å². The Bertz CT molecular complexity index is 566. The lowest BCUT2D eigenvalue weighted by Crippen LogP contribution is -2.45. The summed E-state index contributed by atoms with van der Waals surface area (Å²) in [4.78, 5) is 25.0. The first-order valence-corrected chi connectivity index (χ1v) is 7.66. The van der Waals surface area contributed by atoms with Crippen LogP contribution in [0.15, 0.2) is 18.2 Å². The van der Waals surface area contributed by atoms with E-state index in [4.69, 9.17) is 0 Å². The average Bonchev–Trinajstić information content (AvgIpc) is 2.82. The van der Waals surface area contributed by atoms with Gasteiger partial charge in [-0.2, -0.15) is 0 Å². The van der Waals surface area contributed by atoms with Crippen LogP contribution in [-0.2, 0) is 4.79 Å². The molecule has 2 atom stereocenters. The van der Waals surface area contributed by atoms with Crippen LogP contribution in [-0.4, -0.2) is 44.2 Å². The van der Waals surface area contributed by atoms with Crippen LogP contribution in [0.4, 0.5) is 4.39 Å². The normalized spacial score (nSPS) is 21.5. The van der Waals surface area contributed by atoms with Gasteiger partial charge in [0.2, 0.25) is 0 Å². The molecule has 21 heavy (non-hydrogen) atoms. The zero-order valence-corrected chi connectivity index (χ0v) is 12.3. The number of thioether (sulfide) groups is 1. The number of carboxylic acid groups (broad SMARTS) is 1. The summed E-state index contributed by atoms with van der Waals surface area (Å²) < 4.78 is 13.8. The monoisotopic (exact) mass is 313 g/mol. The lowest BCUT2D eigenvalue weighted by atomic mass is 10.1. The molecular weight excluding hydrogens is 297 g/mol. The summed E-state index contributed by atoms with van der Waals surface area (Å²) in [7, 11) is 0. The van der Waals surface area contributed by atoms with E-state index in [0.29, 0.717) is 12.2 Å². The summed E-state index contributed by atoms with van der Waals surface area (Å²) in [6.07, 6.45) is 1.45. The van der Waals surface area contributed by atoms with Gasteiger partial charge in [-0.15, -0.1) is 11.8 Å². The van der Waals surface area contributed by atoms with Gasteiger partial charge in [0.15, 0.2) is 0 Å². The van der Waals surface area contributed by atoms with Gasteiger partial charge in [-0.3, -0.25) is 4.79 Å². The van der Waals surface area contributed by atoms with Gasteiger partial charge < -0.3 is 15.1 Å². The smallest absolute Gasteiger partial charge is 0.327 e. The first-order valence-electron chi connectivity index (χ1n) is 6.61.